The number of amides is 2. The molecule has 2 heterocycles. The molecule has 7 heteroatoms. The summed E-state index contributed by atoms with van der Waals surface area (Å²) in [5.74, 6) is 0.369. The van der Waals surface area contributed by atoms with E-state index in [1.54, 1.807) is 15.6 Å². The van der Waals surface area contributed by atoms with Gasteiger partial charge in [-0.15, -0.1) is 5.10 Å². The molecule has 0 unspecified atom stereocenters. The predicted molar refractivity (Wildman–Crippen MR) is 127 cm³/mol. The third-order valence-electron chi connectivity index (χ3n) is 5.91. The molecule has 0 radical (unpaired) electrons. The molecule has 0 saturated heterocycles. The van der Waals surface area contributed by atoms with Crippen molar-refractivity contribution >= 4 is 23.4 Å². The zero-order valence-corrected chi connectivity index (χ0v) is 18.4. The van der Waals surface area contributed by atoms with E-state index in [4.69, 9.17) is 0 Å². The fourth-order valence-electron chi connectivity index (χ4n) is 3.80. The Morgan fingerprint density at radius 2 is 1.79 bits per heavy atom. The van der Waals surface area contributed by atoms with Gasteiger partial charge in [-0.2, -0.15) is 4.98 Å². The second kappa shape index (κ2) is 8.86. The van der Waals surface area contributed by atoms with Gasteiger partial charge >= 0.3 is 0 Å². The van der Waals surface area contributed by atoms with Crippen LogP contribution in [0.5, 0.6) is 0 Å². The van der Waals surface area contributed by atoms with Crippen LogP contribution in [0.25, 0.3) is 16.8 Å². The van der Waals surface area contributed by atoms with Gasteiger partial charge in [0, 0.05) is 36.8 Å². The van der Waals surface area contributed by atoms with E-state index in [1.807, 2.05) is 61.6 Å². The number of benzene rings is 2. The number of hydrogen-bond acceptors (Lipinski definition) is 4. The lowest BCUT2D eigenvalue weighted by atomic mass is 10.0. The molecule has 1 saturated carbocycles. The molecule has 7 nitrogen and oxygen atoms in total. The molecule has 1 fully saturated rings. The lowest BCUT2D eigenvalue weighted by Gasteiger charge is -2.17. The lowest BCUT2D eigenvalue weighted by Crippen LogP contribution is -2.28. The number of pyridine rings is 1. The van der Waals surface area contributed by atoms with Crippen molar-refractivity contribution in [2.45, 2.75) is 19.3 Å². The molecule has 1 aliphatic rings. The van der Waals surface area contributed by atoms with Gasteiger partial charge in [0.1, 0.15) is 0 Å². The number of fused-ring (bicyclic) bond motifs is 1. The van der Waals surface area contributed by atoms with Gasteiger partial charge < -0.3 is 4.90 Å². The van der Waals surface area contributed by atoms with Crippen LogP contribution >= 0.6 is 0 Å². The first-order valence-electron chi connectivity index (χ1n) is 11.1. The van der Waals surface area contributed by atoms with Crippen molar-refractivity contribution in [3.8, 4) is 11.1 Å². The highest BCUT2D eigenvalue weighted by molar-refractivity contribution is 5.95. The number of likely N-dealkylation sites (N-methyl/N-ethyl adjacent to an activating group) is 1. The SMILES string of the molecule is CN(CCc1ccccc1)C(=O)c1ccc(-c2cccn3nc(NC(=O)C4CC4)nc23)cc1. The van der Waals surface area contributed by atoms with Gasteiger partial charge in [0.2, 0.25) is 11.9 Å². The standard InChI is InChI=1S/C26H25N5O2/c1-30(17-15-18-6-3-2-4-7-18)25(33)21-13-9-19(10-14-21)22-8-5-16-31-23(22)27-26(29-31)28-24(32)20-11-12-20/h2-10,13-14,16,20H,11-12,15,17H2,1H3,(H,28,29,32). The molecule has 5 rings (SSSR count). The third kappa shape index (κ3) is 4.62. The van der Waals surface area contributed by atoms with Crippen LogP contribution in [0.2, 0.25) is 0 Å². The molecular weight excluding hydrogens is 414 g/mol. The van der Waals surface area contributed by atoms with Crippen LogP contribution in [0.15, 0.2) is 72.9 Å². The number of nitrogens with one attached hydrogen (secondary N) is 1. The maximum atomic E-state index is 12.9. The molecular formula is C26H25N5O2. The van der Waals surface area contributed by atoms with Crippen molar-refractivity contribution in [2.75, 3.05) is 18.9 Å². The smallest absolute Gasteiger partial charge is 0.253 e. The molecule has 0 spiro atoms. The van der Waals surface area contributed by atoms with Gasteiger partial charge in [-0.1, -0.05) is 42.5 Å². The number of anilines is 1. The molecule has 0 atom stereocenters. The van der Waals surface area contributed by atoms with Gasteiger partial charge in [-0.3, -0.25) is 14.9 Å². The molecule has 166 valence electrons. The molecule has 4 aromatic rings. The fraction of sp³-hybridized carbons (Fsp3) is 0.231. The predicted octanol–water partition coefficient (Wildman–Crippen LogP) is 4.06. The summed E-state index contributed by atoms with van der Waals surface area (Å²) >= 11 is 0. The maximum absolute atomic E-state index is 12.9. The number of hydrogen-bond donors (Lipinski definition) is 1. The van der Waals surface area contributed by atoms with E-state index in [9.17, 15) is 9.59 Å². The van der Waals surface area contributed by atoms with E-state index < -0.39 is 0 Å². The van der Waals surface area contributed by atoms with E-state index in [2.05, 4.69) is 27.5 Å². The Kier molecular flexibility index (Phi) is 5.60. The number of aromatic nitrogens is 3. The van der Waals surface area contributed by atoms with Crippen LogP contribution in [0.4, 0.5) is 5.95 Å². The van der Waals surface area contributed by atoms with Gasteiger partial charge in [0.25, 0.3) is 5.91 Å². The van der Waals surface area contributed by atoms with Crippen molar-refractivity contribution in [3.63, 3.8) is 0 Å². The second-order valence-corrected chi connectivity index (χ2v) is 8.43. The topological polar surface area (TPSA) is 79.6 Å². The van der Waals surface area contributed by atoms with Crippen molar-refractivity contribution < 1.29 is 9.59 Å². The zero-order valence-electron chi connectivity index (χ0n) is 18.4. The Morgan fingerprint density at radius 1 is 1.03 bits per heavy atom. The molecule has 0 aliphatic heterocycles. The second-order valence-electron chi connectivity index (χ2n) is 8.43. The molecule has 2 aromatic heterocycles. The molecule has 2 amide bonds. The largest absolute Gasteiger partial charge is 0.341 e. The van der Waals surface area contributed by atoms with Crippen LogP contribution < -0.4 is 5.32 Å². The minimum absolute atomic E-state index is 0.0109. The molecule has 1 aliphatic carbocycles. The highest BCUT2D eigenvalue weighted by Crippen LogP contribution is 2.30. The summed E-state index contributed by atoms with van der Waals surface area (Å²) in [6.07, 6.45) is 4.47. The number of carbonyl (C=O) groups excluding carboxylic acids is 2. The first-order chi connectivity index (χ1) is 16.1. The van der Waals surface area contributed by atoms with Crippen LogP contribution in [0, 0.1) is 5.92 Å². The molecule has 0 bridgehead atoms. The summed E-state index contributed by atoms with van der Waals surface area (Å²) in [6, 6.07) is 21.5. The van der Waals surface area contributed by atoms with Crippen LogP contribution in [0.1, 0.15) is 28.8 Å². The minimum Gasteiger partial charge on any atom is -0.341 e. The average molecular weight is 440 g/mol. The van der Waals surface area contributed by atoms with Gasteiger partial charge in [0.15, 0.2) is 5.65 Å². The fourth-order valence-corrected chi connectivity index (χ4v) is 3.80. The van der Waals surface area contributed by atoms with Gasteiger partial charge in [-0.25, -0.2) is 4.52 Å². The summed E-state index contributed by atoms with van der Waals surface area (Å²) in [6.45, 7) is 0.652. The van der Waals surface area contributed by atoms with E-state index >= 15 is 0 Å². The summed E-state index contributed by atoms with van der Waals surface area (Å²) in [5.41, 5.74) is 4.31. The highest BCUT2D eigenvalue weighted by Gasteiger charge is 2.30. The summed E-state index contributed by atoms with van der Waals surface area (Å²) < 4.78 is 1.66. The van der Waals surface area contributed by atoms with Crippen LogP contribution in [-0.2, 0) is 11.2 Å². The van der Waals surface area contributed by atoms with Crippen molar-refractivity contribution in [2.24, 2.45) is 5.92 Å². The quantitative estimate of drug-likeness (QED) is 0.471. The first kappa shape index (κ1) is 20.9. The number of rotatable bonds is 7. The Bertz CT molecular complexity index is 1290. The summed E-state index contributed by atoms with van der Waals surface area (Å²) in [4.78, 5) is 31.2. The summed E-state index contributed by atoms with van der Waals surface area (Å²) in [7, 11) is 1.83. The van der Waals surface area contributed by atoms with Crippen LogP contribution in [-0.4, -0.2) is 44.9 Å². The van der Waals surface area contributed by atoms with E-state index in [-0.39, 0.29) is 17.7 Å². The minimum atomic E-state index is -0.0216. The maximum Gasteiger partial charge on any atom is 0.253 e. The summed E-state index contributed by atoms with van der Waals surface area (Å²) in [5, 5.41) is 7.18. The third-order valence-corrected chi connectivity index (χ3v) is 5.91. The number of carbonyl (C=O) groups is 2. The number of nitrogens with zero attached hydrogens (tertiary/aromatic N) is 4. The molecule has 2 aromatic carbocycles. The zero-order chi connectivity index (χ0) is 22.8. The normalized spacial score (nSPS) is 13.1. The Balaban J connectivity index is 1.30. The van der Waals surface area contributed by atoms with Gasteiger partial charge in [-0.05, 0) is 54.7 Å². The van der Waals surface area contributed by atoms with Crippen molar-refractivity contribution in [1.29, 1.82) is 0 Å². The Labute approximate surface area is 192 Å². The van der Waals surface area contributed by atoms with Gasteiger partial charge in [0.05, 0.1) is 0 Å². The van der Waals surface area contributed by atoms with Crippen LogP contribution in [0.3, 0.4) is 0 Å². The van der Waals surface area contributed by atoms with Crippen molar-refractivity contribution in [3.05, 3.63) is 84.1 Å². The molecule has 1 N–H and O–H groups in total. The van der Waals surface area contributed by atoms with E-state index in [0.29, 0.717) is 23.7 Å². The monoisotopic (exact) mass is 439 g/mol. The average Bonchev–Trinajstić information content (AvgIpc) is 3.62. The van der Waals surface area contributed by atoms with Crippen molar-refractivity contribution in [1.82, 2.24) is 19.5 Å². The van der Waals surface area contributed by atoms with E-state index in [1.165, 1.54) is 5.56 Å². The first-order valence-corrected chi connectivity index (χ1v) is 11.1. The molecule has 33 heavy (non-hydrogen) atoms. The van der Waals surface area contributed by atoms with E-state index in [0.717, 1.165) is 30.4 Å². The Hall–Kier alpha value is -4.00. The lowest BCUT2D eigenvalue weighted by molar-refractivity contribution is -0.117. The Morgan fingerprint density at radius 3 is 2.52 bits per heavy atom. The highest BCUT2D eigenvalue weighted by atomic mass is 16.2.